The monoisotopic (exact) mass is 282 g/mol. The summed E-state index contributed by atoms with van der Waals surface area (Å²) in [5.74, 6) is 0.889. The molecule has 2 heterocycles. The average molecular weight is 282 g/mol. The molecule has 0 amide bonds. The molecule has 108 valence electrons. The summed E-state index contributed by atoms with van der Waals surface area (Å²) >= 11 is 0. The van der Waals surface area contributed by atoms with Crippen molar-refractivity contribution in [3.63, 3.8) is 0 Å². The summed E-state index contributed by atoms with van der Waals surface area (Å²) in [7, 11) is 0. The van der Waals surface area contributed by atoms with Gasteiger partial charge < -0.3 is 5.32 Å². The second-order valence-corrected chi connectivity index (χ2v) is 4.97. The van der Waals surface area contributed by atoms with Crippen molar-refractivity contribution in [1.82, 2.24) is 30.3 Å². The lowest BCUT2D eigenvalue weighted by Crippen LogP contribution is -2.17. The predicted molar refractivity (Wildman–Crippen MR) is 80.0 cm³/mol. The number of nitrogens with one attached hydrogen (secondary N) is 2. The van der Waals surface area contributed by atoms with Crippen LogP contribution in [0.25, 0.3) is 5.69 Å². The largest absolute Gasteiger partial charge is 0.306 e. The Kier molecular flexibility index (Phi) is 3.79. The summed E-state index contributed by atoms with van der Waals surface area (Å²) < 4.78 is 1.99. The number of aromatic nitrogens is 5. The summed E-state index contributed by atoms with van der Waals surface area (Å²) in [6.45, 7) is 5.45. The first-order valence-corrected chi connectivity index (χ1v) is 6.91. The van der Waals surface area contributed by atoms with Gasteiger partial charge in [0, 0.05) is 23.5 Å². The SMILES string of the molecule is Cc1n[nH]c(C)c1CNCc1nncn1-c1ccccc1. The molecule has 0 aliphatic rings. The zero-order valence-electron chi connectivity index (χ0n) is 12.2. The fourth-order valence-corrected chi connectivity index (χ4v) is 2.32. The summed E-state index contributed by atoms with van der Waals surface area (Å²) in [4.78, 5) is 0. The van der Waals surface area contributed by atoms with Crippen LogP contribution in [0.3, 0.4) is 0 Å². The third-order valence-corrected chi connectivity index (χ3v) is 3.52. The van der Waals surface area contributed by atoms with Gasteiger partial charge in [0.15, 0.2) is 5.82 Å². The van der Waals surface area contributed by atoms with Gasteiger partial charge in [0.1, 0.15) is 6.33 Å². The third kappa shape index (κ3) is 2.85. The molecular weight excluding hydrogens is 264 g/mol. The molecule has 3 aromatic rings. The molecule has 0 atom stereocenters. The highest BCUT2D eigenvalue weighted by Gasteiger charge is 2.08. The molecule has 0 fully saturated rings. The highest BCUT2D eigenvalue weighted by atomic mass is 15.3. The van der Waals surface area contributed by atoms with Gasteiger partial charge in [-0.1, -0.05) is 18.2 Å². The Labute approximate surface area is 123 Å². The molecule has 6 nitrogen and oxygen atoms in total. The molecule has 6 heteroatoms. The fraction of sp³-hybridized carbons (Fsp3) is 0.267. The van der Waals surface area contributed by atoms with Gasteiger partial charge in [-0.15, -0.1) is 10.2 Å². The van der Waals surface area contributed by atoms with Crippen molar-refractivity contribution in [2.45, 2.75) is 26.9 Å². The Morgan fingerprint density at radius 1 is 1.14 bits per heavy atom. The van der Waals surface area contributed by atoms with Crippen molar-refractivity contribution < 1.29 is 0 Å². The van der Waals surface area contributed by atoms with E-state index in [0.717, 1.165) is 29.4 Å². The number of aryl methyl sites for hydroxylation is 2. The maximum atomic E-state index is 4.20. The fourth-order valence-electron chi connectivity index (χ4n) is 2.32. The van der Waals surface area contributed by atoms with E-state index < -0.39 is 0 Å². The zero-order chi connectivity index (χ0) is 14.7. The van der Waals surface area contributed by atoms with E-state index in [0.29, 0.717) is 6.54 Å². The average Bonchev–Trinajstić information content (AvgIpc) is 3.09. The Morgan fingerprint density at radius 2 is 1.95 bits per heavy atom. The molecule has 3 rings (SSSR count). The molecule has 2 N–H and O–H groups in total. The molecule has 0 aliphatic carbocycles. The van der Waals surface area contributed by atoms with E-state index in [-0.39, 0.29) is 0 Å². The van der Waals surface area contributed by atoms with Crippen molar-refractivity contribution in [1.29, 1.82) is 0 Å². The van der Waals surface area contributed by atoms with Crippen LogP contribution in [-0.4, -0.2) is 25.0 Å². The number of hydrogen-bond acceptors (Lipinski definition) is 4. The minimum atomic E-state index is 0.652. The molecule has 2 aromatic heterocycles. The van der Waals surface area contributed by atoms with Crippen molar-refractivity contribution in [2.75, 3.05) is 0 Å². The lowest BCUT2D eigenvalue weighted by molar-refractivity contribution is 0.648. The van der Waals surface area contributed by atoms with Crippen LogP contribution in [-0.2, 0) is 13.1 Å². The van der Waals surface area contributed by atoms with E-state index in [4.69, 9.17) is 0 Å². The zero-order valence-corrected chi connectivity index (χ0v) is 12.2. The van der Waals surface area contributed by atoms with Crippen LogP contribution < -0.4 is 5.32 Å². The third-order valence-electron chi connectivity index (χ3n) is 3.52. The lowest BCUT2D eigenvalue weighted by Gasteiger charge is -2.08. The predicted octanol–water partition coefficient (Wildman–Crippen LogP) is 1.90. The van der Waals surface area contributed by atoms with Gasteiger partial charge in [-0.2, -0.15) is 5.10 Å². The van der Waals surface area contributed by atoms with Gasteiger partial charge in [-0.05, 0) is 26.0 Å². The van der Waals surface area contributed by atoms with Gasteiger partial charge in [0.05, 0.1) is 12.2 Å². The molecule has 1 aromatic carbocycles. The second kappa shape index (κ2) is 5.88. The minimum Gasteiger partial charge on any atom is -0.306 e. The summed E-state index contributed by atoms with van der Waals surface area (Å²) in [6.07, 6.45) is 1.74. The first-order valence-electron chi connectivity index (χ1n) is 6.91. The van der Waals surface area contributed by atoms with Crippen LogP contribution in [0.4, 0.5) is 0 Å². The first kappa shape index (κ1) is 13.5. The number of benzene rings is 1. The van der Waals surface area contributed by atoms with E-state index in [1.807, 2.05) is 48.7 Å². The highest BCUT2D eigenvalue weighted by Crippen LogP contribution is 2.11. The lowest BCUT2D eigenvalue weighted by atomic mass is 10.2. The smallest absolute Gasteiger partial charge is 0.151 e. The molecule has 0 bridgehead atoms. The summed E-state index contributed by atoms with van der Waals surface area (Å²) in [5.41, 5.74) is 4.41. The molecule has 0 saturated heterocycles. The number of rotatable bonds is 5. The maximum absolute atomic E-state index is 4.20. The van der Waals surface area contributed by atoms with Gasteiger partial charge >= 0.3 is 0 Å². The Bertz CT molecular complexity index is 693. The summed E-state index contributed by atoms with van der Waals surface area (Å²) in [6, 6.07) is 10.1. The quantitative estimate of drug-likeness (QED) is 0.749. The molecule has 0 aliphatic heterocycles. The van der Waals surface area contributed by atoms with E-state index >= 15 is 0 Å². The second-order valence-electron chi connectivity index (χ2n) is 4.97. The summed E-state index contributed by atoms with van der Waals surface area (Å²) in [5, 5.41) is 18.8. The highest BCUT2D eigenvalue weighted by molar-refractivity contribution is 5.32. The van der Waals surface area contributed by atoms with Gasteiger partial charge in [-0.25, -0.2) is 0 Å². The van der Waals surface area contributed by atoms with Crippen molar-refractivity contribution in [3.8, 4) is 5.69 Å². The molecular formula is C15H18N6. The van der Waals surface area contributed by atoms with Gasteiger partial charge in [0.25, 0.3) is 0 Å². The van der Waals surface area contributed by atoms with Gasteiger partial charge in [0.2, 0.25) is 0 Å². The normalized spacial score (nSPS) is 11.0. The van der Waals surface area contributed by atoms with Crippen molar-refractivity contribution in [2.24, 2.45) is 0 Å². The number of hydrogen-bond donors (Lipinski definition) is 2. The van der Waals surface area contributed by atoms with Crippen molar-refractivity contribution in [3.05, 3.63) is 59.4 Å². The van der Waals surface area contributed by atoms with Crippen molar-refractivity contribution >= 4 is 0 Å². The van der Waals surface area contributed by atoms with E-state index in [1.165, 1.54) is 5.56 Å². The van der Waals surface area contributed by atoms with Crippen LogP contribution in [0.5, 0.6) is 0 Å². The minimum absolute atomic E-state index is 0.652. The van der Waals surface area contributed by atoms with Crippen LogP contribution in [0.15, 0.2) is 36.7 Å². The maximum Gasteiger partial charge on any atom is 0.151 e. The topological polar surface area (TPSA) is 71.4 Å². The number of para-hydroxylation sites is 1. The van der Waals surface area contributed by atoms with E-state index in [1.54, 1.807) is 6.33 Å². The van der Waals surface area contributed by atoms with Crippen LogP contribution in [0, 0.1) is 13.8 Å². The number of H-pyrrole nitrogens is 1. The molecule has 0 spiro atoms. The Balaban J connectivity index is 1.68. The first-order chi connectivity index (χ1) is 10.3. The van der Waals surface area contributed by atoms with Crippen LogP contribution in [0.2, 0.25) is 0 Å². The van der Waals surface area contributed by atoms with Gasteiger partial charge in [-0.3, -0.25) is 9.67 Å². The molecule has 0 saturated carbocycles. The van der Waals surface area contributed by atoms with E-state index in [2.05, 4.69) is 25.7 Å². The molecule has 0 unspecified atom stereocenters. The Morgan fingerprint density at radius 3 is 2.67 bits per heavy atom. The number of aromatic amines is 1. The molecule has 0 radical (unpaired) electrons. The van der Waals surface area contributed by atoms with Crippen LogP contribution >= 0.6 is 0 Å². The number of nitrogens with zero attached hydrogens (tertiary/aromatic N) is 4. The standard InChI is InChI=1S/C15H18N6/c1-11-14(12(2)19-18-11)8-16-9-15-20-17-10-21(15)13-6-4-3-5-7-13/h3-7,10,16H,8-9H2,1-2H3,(H,18,19). The van der Waals surface area contributed by atoms with Crippen LogP contribution in [0.1, 0.15) is 22.8 Å². The molecule has 21 heavy (non-hydrogen) atoms. The van der Waals surface area contributed by atoms with E-state index in [9.17, 15) is 0 Å². The Hall–Kier alpha value is -2.47.